The van der Waals surface area contributed by atoms with Crippen LogP contribution in [-0.4, -0.2) is 33.3 Å². The molecule has 138 valence electrons. The molecule has 0 saturated carbocycles. The molecule has 6 nitrogen and oxygen atoms in total. The summed E-state index contributed by atoms with van der Waals surface area (Å²) in [6.07, 6.45) is 1.97. The van der Waals surface area contributed by atoms with Crippen molar-refractivity contribution in [3.05, 3.63) is 53.7 Å². The molecule has 3 aromatic heterocycles. The van der Waals surface area contributed by atoms with Crippen molar-refractivity contribution in [3.8, 4) is 22.1 Å². The van der Waals surface area contributed by atoms with Crippen LogP contribution in [0.25, 0.3) is 16.2 Å². The predicted molar refractivity (Wildman–Crippen MR) is 108 cm³/mol. The number of benzene rings is 1. The summed E-state index contributed by atoms with van der Waals surface area (Å²) >= 11 is 3.24. The van der Waals surface area contributed by atoms with Crippen molar-refractivity contribution in [2.75, 3.05) is 13.7 Å². The zero-order valence-corrected chi connectivity index (χ0v) is 16.6. The summed E-state index contributed by atoms with van der Waals surface area (Å²) in [4.78, 5) is 4.75. The number of thiazole rings is 1. The molecule has 0 N–H and O–H groups in total. The van der Waals surface area contributed by atoms with Crippen molar-refractivity contribution in [3.63, 3.8) is 0 Å². The summed E-state index contributed by atoms with van der Waals surface area (Å²) in [7, 11) is 1.65. The fourth-order valence-corrected chi connectivity index (χ4v) is 4.38. The summed E-state index contributed by atoms with van der Waals surface area (Å²) < 4.78 is 13.0. The Morgan fingerprint density at radius 3 is 2.93 bits per heavy atom. The van der Waals surface area contributed by atoms with Gasteiger partial charge in [-0.25, -0.2) is 4.98 Å². The first-order chi connectivity index (χ1) is 13.3. The Balaban J connectivity index is 1.50. The van der Waals surface area contributed by atoms with Gasteiger partial charge in [-0.3, -0.25) is 4.40 Å². The molecule has 0 aliphatic rings. The lowest BCUT2D eigenvalue weighted by Crippen LogP contribution is -1.95. The van der Waals surface area contributed by atoms with Crippen LogP contribution < -0.4 is 9.47 Å². The van der Waals surface area contributed by atoms with E-state index in [1.807, 2.05) is 53.9 Å². The molecule has 4 aromatic rings. The average Bonchev–Trinajstić information content (AvgIpc) is 3.34. The molecule has 1 aromatic carbocycles. The molecule has 0 amide bonds. The minimum absolute atomic E-state index is 0.603. The Morgan fingerprint density at radius 1 is 1.15 bits per heavy atom. The standard InChI is InChI=1S/C19H18N4O2S2/c1-3-25-15-8-7-13(10-16(15)24-2)18-20-14(11-26-18)12-27-19-22-21-17-6-4-5-9-23(17)19/h4-11H,3,12H2,1-2H3. The molecule has 0 aliphatic carbocycles. The van der Waals surface area contributed by atoms with Gasteiger partial charge in [0.15, 0.2) is 22.3 Å². The highest BCUT2D eigenvalue weighted by atomic mass is 32.2. The zero-order valence-electron chi connectivity index (χ0n) is 15.0. The lowest BCUT2D eigenvalue weighted by atomic mass is 10.2. The molecule has 0 saturated heterocycles. The number of pyridine rings is 1. The van der Waals surface area contributed by atoms with Crippen molar-refractivity contribution in [2.45, 2.75) is 17.8 Å². The summed E-state index contributed by atoms with van der Waals surface area (Å²) in [6.45, 7) is 2.56. The monoisotopic (exact) mass is 398 g/mol. The summed E-state index contributed by atoms with van der Waals surface area (Å²) in [5.41, 5.74) is 2.88. The Hall–Kier alpha value is -2.58. The highest BCUT2D eigenvalue weighted by molar-refractivity contribution is 7.98. The van der Waals surface area contributed by atoms with Crippen LogP contribution in [0.3, 0.4) is 0 Å². The minimum atomic E-state index is 0.603. The van der Waals surface area contributed by atoms with E-state index in [2.05, 4.69) is 15.6 Å². The van der Waals surface area contributed by atoms with Crippen molar-refractivity contribution in [1.82, 2.24) is 19.6 Å². The maximum atomic E-state index is 5.58. The molecule has 0 atom stereocenters. The number of hydrogen-bond acceptors (Lipinski definition) is 7. The van der Waals surface area contributed by atoms with Crippen molar-refractivity contribution >= 4 is 28.7 Å². The molecule has 4 rings (SSSR count). The molecule has 3 heterocycles. The molecule has 0 radical (unpaired) electrons. The first-order valence-electron chi connectivity index (χ1n) is 8.46. The molecule has 0 unspecified atom stereocenters. The summed E-state index contributed by atoms with van der Waals surface area (Å²) in [5, 5.41) is 12.3. The second-order valence-electron chi connectivity index (χ2n) is 5.64. The van der Waals surface area contributed by atoms with E-state index in [1.54, 1.807) is 30.2 Å². The number of hydrogen-bond donors (Lipinski definition) is 0. The van der Waals surface area contributed by atoms with Gasteiger partial charge in [-0.15, -0.1) is 21.5 Å². The smallest absolute Gasteiger partial charge is 0.195 e. The van der Waals surface area contributed by atoms with Gasteiger partial charge < -0.3 is 9.47 Å². The molecule has 8 heteroatoms. The average molecular weight is 399 g/mol. The van der Waals surface area contributed by atoms with Crippen molar-refractivity contribution < 1.29 is 9.47 Å². The van der Waals surface area contributed by atoms with Gasteiger partial charge in [-0.05, 0) is 37.3 Å². The lowest BCUT2D eigenvalue weighted by molar-refractivity contribution is 0.311. The van der Waals surface area contributed by atoms with E-state index in [4.69, 9.17) is 14.5 Å². The van der Waals surface area contributed by atoms with Crippen LogP contribution in [0.2, 0.25) is 0 Å². The Morgan fingerprint density at radius 2 is 2.07 bits per heavy atom. The Bertz CT molecular complexity index is 1060. The van der Waals surface area contributed by atoms with Crippen molar-refractivity contribution in [1.29, 1.82) is 0 Å². The van der Waals surface area contributed by atoms with Gasteiger partial charge >= 0.3 is 0 Å². The van der Waals surface area contributed by atoms with Gasteiger partial charge in [0.1, 0.15) is 5.01 Å². The summed E-state index contributed by atoms with van der Waals surface area (Å²) in [5.74, 6) is 2.20. The van der Waals surface area contributed by atoms with E-state index in [0.29, 0.717) is 6.61 Å². The molecular weight excluding hydrogens is 380 g/mol. The van der Waals surface area contributed by atoms with Crippen LogP contribution in [0.5, 0.6) is 11.5 Å². The fraction of sp³-hybridized carbons (Fsp3) is 0.211. The van der Waals surface area contributed by atoms with Gasteiger partial charge in [0, 0.05) is 22.9 Å². The van der Waals surface area contributed by atoms with Crippen LogP contribution in [0, 0.1) is 0 Å². The van der Waals surface area contributed by atoms with E-state index in [-0.39, 0.29) is 0 Å². The quantitative estimate of drug-likeness (QED) is 0.426. The van der Waals surface area contributed by atoms with E-state index in [1.165, 1.54) is 0 Å². The first kappa shape index (κ1) is 17.8. The first-order valence-corrected chi connectivity index (χ1v) is 10.3. The molecule has 0 aliphatic heterocycles. The normalized spacial score (nSPS) is 11.0. The van der Waals surface area contributed by atoms with Crippen LogP contribution in [0.4, 0.5) is 0 Å². The summed E-state index contributed by atoms with van der Waals surface area (Å²) in [6, 6.07) is 11.8. The van der Waals surface area contributed by atoms with Gasteiger partial charge in [0.25, 0.3) is 0 Å². The SMILES string of the molecule is CCOc1ccc(-c2nc(CSc3nnc4ccccn34)cs2)cc1OC. The topological polar surface area (TPSA) is 61.5 Å². The highest BCUT2D eigenvalue weighted by Crippen LogP contribution is 2.34. The van der Waals surface area contributed by atoms with Crippen LogP contribution in [0.15, 0.2) is 53.1 Å². The fourth-order valence-electron chi connectivity index (χ4n) is 2.64. The molecular formula is C19H18N4O2S2. The van der Waals surface area contributed by atoms with Gasteiger partial charge in [-0.1, -0.05) is 17.8 Å². The van der Waals surface area contributed by atoms with Crippen LogP contribution in [0.1, 0.15) is 12.6 Å². The third kappa shape index (κ3) is 3.77. The minimum Gasteiger partial charge on any atom is -0.493 e. The van der Waals surface area contributed by atoms with Gasteiger partial charge in [-0.2, -0.15) is 0 Å². The van der Waals surface area contributed by atoms with Gasteiger partial charge in [0.2, 0.25) is 0 Å². The van der Waals surface area contributed by atoms with E-state index in [9.17, 15) is 0 Å². The maximum Gasteiger partial charge on any atom is 0.195 e. The highest BCUT2D eigenvalue weighted by Gasteiger charge is 2.11. The largest absolute Gasteiger partial charge is 0.493 e. The Kier molecular flexibility index (Phi) is 5.26. The lowest BCUT2D eigenvalue weighted by Gasteiger charge is -2.09. The van der Waals surface area contributed by atoms with E-state index >= 15 is 0 Å². The van der Waals surface area contributed by atoms with Crippen molar-refractivity contribution in [2.24, 2.45) is 0 Å². The van der Waals surface area contributed by atoms with Crippen LogP contribution in [-0.2, 0) is 5.75 Å². The number of methoxy groups -OCH3 is 1. The maximum absolute atomic E-state index is 5.58. The number of nitrogens with zero attached hydrogens (tertiary/aromatic N) is 4. The number of fused-ring (bicyclic) bond motifs is 1. The predicted octanol–water partition coefficient (Wildman–Crippen LogP) is 4.55. The molecule has 0 spiro atoms. The second-order valence-corrected chi connectivity index (χ2v) is 7.44. The number of rotatable bonds is 7. The zero-order chi connectivity index (χ0) is 18.6. The number of thioether (sulfide) groups is 1. The third-order valence-corrected chi connectivity index (χ3v) is 5.81. The number of ether oxygens (including phenoxy) is 2. The van der Waals surface area contributed by atoms with E-state index < -0.39 is 0 Å². The molecule has 0 fully saturated rings. The Labute approximate surface area is 165 Å². The number of aromatic nitrogens is 4. The molecule has 0 bridgehead atoms. The third-order valence-electron chi connectivity index (χ3n) is 3.89. The second kappa shape index (κ2) is 7.98. The molecule has 27 heavy (non-hydrogen) atoms. The van der Waals surface area contributed by atoms with Gasteiger partial charge in [0.05, 0.1) is 19.4 Å². The van der Waals surface area contributed by atoms with Crippen LogP contribution >= 0.6 is 23.1 Å². The van der Waals surface area contributed by atoms with E-state index in [0.717, 1.165) is 44.3 Å².